The summed E-state index contributed by atoms with van der Waals surface area (Å²) in [6.45, 7) is 0. The van der Waals surface area contributed by atoms with Crippen LogP contribution in [0.15, 0.2) is 40.2 Å². The summed E-state index contributed by atoms with van der Waals surface area (Å²) in [5.74, 6) is -0.444. The van der Waals surface area contributed by atoms with E-state index in [9.17, 15) is 14.0 Å². The van der Waals surface area contributed by atoms with Crippen molar-refractivity contribution < 1.29 is 14.0 Å². The Morgan fingerprint density at radius 3 is 2.62 bits per heavy atom. The van der Waals surface area contributed by atoms with Gasteiger partial charge in [-0.25, -0.2) is 14.2 Å². The molecule has 3 amide bonds. The lowest BCUT2D eigenvalue weighted by molar-refractivity contribution is -0.113. The van der Waals surface area contributed by atoms with Gasteiger partial charge >= 0.3 is 6.03 Å². The van der Waals surface area contributed by atoms with Crippen molar-refractivity contribution in [2.75, 3.05) is 21.7 Å². The highest BCUT2D eigenvalue weighted by atomic mass is 32.2. The standard InChI is InChI=1S/C14H11FN6O2S3/c15-8-1-3-9(4-2-8)17-11(23)19-13-20-21-14(26-13)25-7-10(22)18-12-16-5-6-24-12/h1-6H,7H2,(H,16,18,22)(H2,17,19,20,23). The highest BCUT2D eigenvalue weighted by Crippen LogP contribution is 2.25. The molecule has 12 heteroatoms. The number of rotatable bonds is 6. The minimum Gasteiger partial charge on any atom is -0.308 e. The van der Waals surface area contributed by atoms with Crippen molar-refractivity contribution in [1.29, 1.82) is 0 Å². The van der Waals surface area contributed by atoms with Crippen molar-refractivity contribution in [3.8, 4) is 0 Å². The lowest BCUT2D eigenvalue weighted by atomic mass is 10.3. The van der Waals surface area contributed by atoms with E-state index in [1.54, 1.807) is 11.6 Å². The number of carbonyl (C=O) groups is 2. The predicted octanol–water partition coefficient (Wildman–Crippen LogP) is 3.51. The second-order valence-corrected chi connectivity index (χ2v) is 7.73. The zero-order valence-electron chi connectivity index (χ0n) is 12.9. The molecule has 0 fully saturated rings. The van der Waals surface area contributed by atoms with Crippen LogP contribution in [0.5, 0.6) is 0 Å². The summed E-state index contributed by atoms with van der Waals surface area (Å²) in [5.41, 5.74) is 0.446. The van der Waals surface area contributed by atoms with E-state index in [0.717, 1.165) is 11.3 Å². The summed E-state index contributed by atoms with van der Waals surface area (Å²) in [5, 5.41) is 18.1. The number of hydrogen-bond donors (Lipinski definition) is 3. The van der Waals surface area contributed by atoms with Gasteiger partial charge in [0.05, 0.1) is 5.75 Å². The monoisotopic (exact) mass is 410 g/mol. The molecule has 8 nitrogen and oxygen atoms in total. The number of carbonyl (C=O) groups excluding carboxylic acids is 2. The predicted molar refractivity (Wildman–Crippen MR) is 100 cm³/mol. The quantitative estimate of drug-likeness (QED) is 0.424. The molecule has 0 aliphatic heterocycles. The largest absolute Gasteiger partial charge is 0.325 e. The number of aromatic nitrogens is 3. The summed E-state index contributed by atoms with van der Waals surface area (Å²) >= 11 is 3.67. The lowest BCUT2D eigenvalue weighted by Crippen LogP contribution is -2.19. The van der Waals surface area contributed by atoms with Gasteiger partial charge in [0.25, 0.3) is 0 Å². The molecule has 134 valence electrons. The fourth-order valence-electron chi connectivity index (χ4n) is 1.68. The first kappa shape index (κ1) is 18.2. The van der Waals surface area contributed by atoms with Crippen molar-refractivity contribution in [2.45, 2.75) is 4.34 Å². The summed E-state index contributed by atoms with van der Waals surface area (Å²) in [7, 11) is 0. The zero-order valence-corrected chi connectivity index (χ0v) is 15.4. The Labute approximate surface area is 159 Å². The number of urea groups is 1. The van der Waals surface area contributed by atoms with Gasteiger partial charge in [-0.15, -0.1) is 21.5 Å². The molecule has 2 aromatic heterocycles. The molecule has 0 atom stereocenters. The zero-order chi connectivity index (χ0) is 18.4. The molecule has 0 aliphatic rings. The average molecular weight is 410 g/mol. The molecule has 3 aromatic rings. The third kappa shape index (κ3) is 5.47. The topological polar surface area (TPSA) is 109 Å². The van der Waals surface area contributed by atoms with Crippen LogP contribution in [0.25, 0.3) is 0 Å². The molecule has 0 radical (unpaired) electrons. The van der Waals surface area contributed by atoms with Crippen molar-refractivity contribution >= 4 is 62.3 Å². The first-order valence-electron chi connectivity index (χ1n) is 7.08. The van der Waals surface area contributed by atoms with E-state index in [1.165, 1.54) is 47.4 Å². The molecule has 0 unspecified atom stereocenters. The molecule has 3 rings (SSSR count). The molecule has 2 heterocycles. The Morgan fingerprint density at radius 2 is 1.88 bits per heavy atom. The Bertz CT molecular complexity index is 884. The van der Waals surface area contributed by atoms with Gasteiger partial charge in [-0.3, -0.25) is 10.1 Å². The molecule has 0 bridgehead atoms. The summed E-state index contributed by atoms with van der Waals surface area (Å²) in [4.78, 5) is 27.6. The summed E-state index contributed by atoms with van der Waals surface area (Å²) in [6, 6.07) is 4.85. The molecule has 0 saturated carbocycles. The van der Waals surface area contributed by atoms with E-state index in [2.05, 4.69) is 31.1 Å². The first-order chi connectivity index (χ1) is 12.6. The minimum absolute atomic E-state index is 0.149. The van der Waals surface area contributed by atoms with Gasteiger partial charge < -0.3 is 10.6 Å². The van der Waals surface area contributed by atoms with Crippen molar-refractivity contribution in [3.63, 3.8) is 0 Å². The summed E-state index contributed by atoms with van der Waals surface area (Å²) in [6.07, 6.45) is 1.60. The second-order valence-electron chi connectivity index (χ2n) is 4.63. The number of thioether (sulfide) groups is 1. The lowest BCUT2D eigenvalue weighted by Gasteiger charge is -2.04. The maximum atomic E-state index is 12.8. The Balaban J connectivity index is 1.45. The Hall–Kier alpha value is -2.57. The Morgan fingerprint density at radius 1 is 1.08 bits per heavy atom. The number of nitrogens with zero attached hydrogens (tertiary/aromatic N) is 3. The second kappa shape index (κ2) is 8.69. The van der Waals surface area contributed by atoms with E-state index in [4.69, 9.17) is 0 Å². The van der Waals surface area contributed by atoms with Crippen molar-refractivity contribution in [2.24, 2.45) is 0 Å². The van der Waals surface area contributed by atoms with Gasteiger partial charge in [0.1, 0.15) is 5.82 Å². The number of anilines is 3. The van der Waals surface area contributed by atoms with Crippen molar-refractivity contribution in [1.82, 2.24) is 15.2 Å². The number of nitrogens with one attached hydrogen (secondary N) is 3. The van der Waals surface area contributed by atoms with Crippen LogP contribution in [-0.4, -0.2) is 32.9 Å². The molecule has 26 heavy (non-hydrogen) atoms. The van der Waals surface area contributed by atoms with Crippen LogP contribution in [0.4, 0.5) is 25.1 Å². The van der Waals surface area contributed by atoms with E-state index >= 15 is 0 Å². The maximum absolute atomic E-state index is 12.8. The van der Waals surface area contributed by atoms with Crippen molar-refractivity contribution in [3.05, 3.63) is 41.7 Å². The van der Waals surface area contributed by atoms with E-state index < -0.39 is 6.03 Å². The number of hydrogen-bond acceptors (Lipinski definition) is 8. The van der Waals surface area contributed by atoms with Crippen LogP contribution in [0.1, 0.15) is 0 Å². The molecule has 3 N–H and O–H groups in total. The van der Waals surface area contributed by atoms with Crippen LogP contribution in [0.3, 0.4) is 0 Å². The van der Waals surface area contributed by atoms with Crippen LogP contribution < -0.4 is 16.0 Å². The number of thiazole rings is 1. The van der Waals surface area contributed by atoms with E-state index in [0.29, 0.717) is 15.2 Å². The molecule has 0 spiro atoms. The van der Waals surface area contributed by atoms with Gasteiger partial charge in [-0.05, 0) is 24.3 Å². The smallest absolute Gasteiger partial charge is 0.308 e. The van der Waals surface area contributed by atoms with Gasteiger partial charge in [-0.2, -0.15) is 0 Å². The average Bonchev–Trinajstić information content (AvgIpc) is 3.27. The normalized spacial score (nSPS) is 10.3. The molecular weight excluding hydrogens is 399 g/mol. The minimum atomic E-state index is -0.522. The van der Waals surface area contributed by atoms with Crippen LogP contribution in [0.2, 0.25) is 0 Å². The van der Waals surface area contributed by atoms with Crippen LogP contribution in [-0.2, 0) is 4.79 Å². The van der Waals surface area contributed by atoms with E-state index in [1.807, 2.05) is 0 Å². The third-order valence-electron chi connectivity index (χ3n) is 2.73. The molecule has 0 aliphatic carbocycles. The summed E-state index contributed by atoms with van der Waals surface area (Å²) < 4.78 is 13.4. The van der Waals surface area contributed by atoms with Crippen LogP contribution in [0, 0.1) is 5.82 Å². The first-order valence-corrected chi connectivity index (χ1v) is 9.76. The fourth-order valence-corrected chi connectivity index (χ4v) is 3.77. The van der Waals surface area contributed by atoms with Gasteiger partial charge in [0, 0.05) is 17.3 Å². The van der Waals surface area contributed by atoms with E-state index in [-0.39, 0.29) is 22.6 Å². The van der Waals surface area contributed by atoms with Gasteiger partial charge in [0.15, 0.2) is 9.47 Å². The number of halogens is 1. The number of amides is 3. The fraction of sp³-hybridized carbons (Fsp3) is 0.0714. The highest BCUT2D eigenvalue weighted by molar-refractivity contribution is 8.01. The molecule has 0 saturated heterocycles. The SMILES string of the molecule is O=C(CSc1nnc(NC(=O)Nc2ccc(F)cc2)s1)Nc1nccs1. The molecular formula is C14H11FN6O2S3. The van der Waals surface area contributed by atoms with Gasteiger partial charge in [0.2, 0.25) is 11.0 Å². The molecule has 1 aromatic carbocycles. The van der Waals surface area contributed by atoms with Gasteiger partial charge in [-0.1, -0.05) is 23.1 Å². The number of benzene rings is 1. The Kier molecular flexibility index (Phi) is 6.09. The maximum Gasteiger partial charge on any atom is 0.325 e. The van der Waals surface area contributed by atoms with Crippen LogP contribution >= 0.6 is 34.4 Å². The third-order valence-corrected chi connectivity index (χ3v) is 5.39. The highest BCUT2D eigenvalue weighted by Gasteiger charge is 2.11.